The van der Waals surface area contributed by atoms with Crippen molar-refractivity contribution in [1.82, 2.24) is 5.43 Å². The molecule has 1 aromatic carbocycles. The number of nitrogens with two attached hydrogens (primary N) is 1. The molecule has 1 aromatic rings. The second kappa shape index (κ2) is 6.33. The molecule has 0 bridgehead atoms. The van der Waals surface area contributed by atoms with E-state index < -0.39 is 0 Å². The van der Waals surface area contributed by atoms with E-state index in [0.717, 1.165) is 17.0 Å². The molecule has 5 heteroatoms. The average molecular weight is 257 g/mol. The molecule has 17 heavy (non-hydrogen) atoms. The largest absolute Gasteiger partial charge is 0.376 e. The van der Waals surface area contributed by atoms with Gasteiger partial charge in [0.2, 0.25) is 0 Å². The Balaban J connectivity index is 1.98. The molecule has 2 rings (SSSR count). The first-order valence-electron chi connectivity index (χ1n) is 5.69. The van der Waals surface area contributed by atoms with Crippen LogP contribution in [0.2, 0.25) is 5.02 Å². The molecule has 1 aliphatic rings. The van der Waals surface area contributed by atoms with Crippen LogP contribution in [-0.4, -0.2) is 32.0 Å². The van der Waals surface area contributed by atoms with E-state index in [9.17, 15) is 0 Å². The van der Waals surface area contributed by atoms with Crippen molar-refractivity contribution in [1.29, 1.82) is 0 Å². The Labute approximate surface area is 106 Å². The first-order chi connectivity index (χ1) is 8.29. The third-order valence-corrected chi connectivity index (χ3v) is 3.08. The predicted octanol–water partition coefficient (Wildman–Crippen LogP) is 1.13. The summed E-state index contributed by atoms with van der Waals surface area (Å²) in [6.07, 6.45) is 0.762. The van der Waals surface area contributed by atoms with Gasteiger partial charge < -0.3 is 9.47 Å². The Morgan fingerprint density at radius 3 is 3.00 bits per heavy atom. The van der Waals surface area contributed by atoms with Crippen molar-refractivity contribution in [2.24, 2.45) is 5.84 Å². The third kappa shape index (κ3) is 3.66. The molecule has 0 radical (unpaired) electrons. The van der Waals surface area contributed by atoms with Crippen molar-refractivity contribution in [3.8, 4) is 0 Å². The van der Waals surface area contributed by atoms with Crippen molar-refractivity contribution >= 4 is 11.6 Å². The van der Waals surface area contributed by atoms with Gasteiger partial charge in [-0.2, -0.15) is 0 Å². The lowest BCUT2D eigenvalue weighted by molar-refractivity contribution is -0.101. The van der Waals surface area contributed by atoms with E-state index in [-0.39, 0.29) is 12.1 Å². The van der Waals surface area contributed by atoms with Crippen LogP contribution < -0.4 is 11.3 Å². The Morgan fingerprint density at radius 1 is 1.47 bits per heavy atom. The molecule has 1 heterocycles. The van der Waals surface area contributed by atoms with Gasteiger partial charge in [-0.25, -0.2) is 0 Å². The summed E-state index contributed by atoms with van der Waals surface area (Å²) in [5, 5.41) is 0.735. The summed E-state index contributed by atoms with van der Waals surface area (Å²) in [6.45, 7) is 1.86. The molecule has 3 N–H and O–H groups in total. The van der Waals surface area contributed by atoms with Crippen molar-refractivity contribution in [2.45, 2.75) is 18.6 Å². The lowest BCUT2D eigenvalue weighted by Crippen LogP contribution is -2.50. The van der Waals surface area contributed by atoms with Crippen LogP contribution in [0.25, 0.3) is 0 Å². The fraction of sp³-hybridized carbons (Fsp3) is 0.500. The minimum absolute atomic E-state index is 0.00673. The highest BCUT2D eigenvalue weighted by molar-refractivity contribution is 6.30. The fourth-order valence-electron chi connectivity index (χ4n) is 1.95. The number of rotatable bonds is 4. The minimum atomic E-state index is -0.00673. The molecule has 94 valence electrons. The second-order valence-corrected chi connectivity index (χ2v) is 4.53. The number of hydrogen-bond donors (Lipinski definition) is 2. The molecule has 1 aliphatic heterocycles. The molecular weight excluding hydrogens is 240 g/mol. The Kier molecular flexibility index (Phi) is 4.76. The summed E-state index contributed by atoms with van der Waals surface area (Å²) in [7, 11) is 0. The van der Waals surface area contributed by atoms with Gasteiger partial charge in [0.05, 0.1) is 32.0 Å². The van der Waals surface area contributed by atoms with Gasteiger partial charge in [-0.15, -0.1) is 0 Å². The zero-order valence-corrected chi connectivity index (χ0v) is 10.3. The maximum absolute atomic E-state index is 5.95. The van der Waals surface area contributed by atoms with Crippen LogP contribution in [0.1, 0.15) is 5.56 Å². The quantitative estimate of drug-likeness (QED) is 0.626. The van der Waals surface area contributed by atoms with E-state index in [0.29, 0.717) is 19.8 Å². The summed E-state index contributed by atoms with van der Waals surface area (Å²) >= 11 is 5.95. The van der Waals surface area contributed by atoms with Gasteiger partial charge in [-0.3, -0.25) is 11.3 Å². The number of hydrazine groups is 1. The summed E-state index contributed by atoms with van der Waals surface area (Å²) in [6, 6.07) is 7.79. The van der Waals surface area contributed by atoms with Crippen molar-refractivity contribution in [3.05, 3.63) is 34.9 Å². The number of nitrogens with one attached hydrogen (secondary N) is 1. The first-order valence-corrected chi connectivity index (χ1v) is 6.07. The highest BCUT2D eigenvalue weighted by Gasteiger charge is 2.24. The predicted molar refractivity (Wildman–Crippen MR) is 66.8 cm³/mol. The average Bonchev–Trinajstić information content (AvgIpc) is 2.37. The number of ether oxygens (including phenoxy) is 2. The molecule has 4 nitrogen and oxygen atoms in total. The lowest BCUT2D eigenvalue weighted by atomic mass is 10.0. The summed E-state index contributed by atoms with van der Waals surface area (Å²) in [4.78, 5) is 0. The zero-order valence-electron chi connectivity index (χ0n) is 9.56. The Hall–Kier alpha value is -0.650. The smallest absolute Gasteiger partial charge is 0.0978 e. The van der Waals surface area contributed by atoms with Crippen molar-refractivity contribution in [3.63, 3.8) is 0 Å². The van der Waals surface area contributed by atoms with E-state index in [1.165, 1.54) is 0 Å². The summed E-state index contributed by atoms with van der Waals surface area (Å²) in [5.74, 6) is 5.57. The van der Waals surface area contributed by atoms with E-state index >= 15 is 0 Å². The monoisotopic (exact) mass is 256 g/mol. The number of halogens is 1. The molecule has 0 spiro atoms. The van der Waals surface area contributed by atoms with Gasteiger partial charge in [0, 0.05) is 5.02 Å². The molecule has 0 saturated carbocycles. The fourth-order valence-corrected chi connectivity index (χ4v) is 2.17. The topological polar surface area (TPSA) is 56.5 Å². The van der Waals surface area contributed by atoms with Crippen LogP contribution in [0.5, 0.6) is 0 Å². The van der Waals surface area contributed by atoms with E-state index in [2.05, 4.69) is 5.43 Å². The Bertz CT molecular complexity index is 356. The first kappa shape index (κ1) is 12.8. The van der Waals surface area contributed by atoms with Gasteiger partial charge in [0.15, 0.2) is 0 Å². The van der Waals surface area contributed by atoms with Crippen molar-refractivity contribution in [2.75, 3.05) is 19.8 Å². The Morgan fingerprint density at radius 2 is 2.35 bits per heavy atom. The third-order valence-electron chi connectivity index (χ3n) is 2.85. The summed E-state index contributed by atoms with van der Waals surface area (Å²) < 4.78 is 11.0. The number of hydrogen-bond acceptors (Lipinski definition) is 4. The highest BCUT2D eigenvalue weighted by Crippen LogP contribution is 2.15. The van der Waals surface area contributed by atoms with Crippen LogP contribution in [-0.2, 0) is 15.9 Å². The SMILES string of the molecule is NNC(Cc1cccc(Cl)c1)C1COCCO1. The van der Waals surface area contributed by atoms with Crippen LogP contribution in [0.15, 0.2) is 24.3 Å². The van der Waals surface area contributed by atoms with Crippen LogP contribution in [0.4, 0.5) is 0 Å². The molecule has 0 aromatic heterocycles. The van der Waals surface area contributed by atoms with Gasteiger partial charge in [0.25, 0.3) is 0 Å². The minimum Gasteiger partial charge on any atom is -0.376 e. The maximum atomic E-state index is 5.95. The molecule has 2 atom stereocenters. The second-order valence-electron chi connectivity index (χ2n) is 4.09. The van der Waals surface area contributed by atoms with E-state index in [1.54, 1.807) is 0 Å². The number of benzene rings is 1. The molecule has 0 aliphatic carbocycles. The van der Waals surface area contributed by atoms with Gasteiger partial charge in [0.1, 0.15) is 0 Å². The van der Waals surface area contributed by atoms with Gasteiger partial charge in [-0.05, 0) is 24.1 Å². The van der Waals surface area contributed by atoms with E-state index in [1.807, 2.05) is 24.3 Å². The van der Waals surface area contributed by atoms with Crippen LogP contribution in [0, 0.1) is 0 Å². The molecule has 0 amide bonds. The molecule has 1 saturated heterocycles. The van der Waals surface area contributed by atoms with Crippen molar-refractivity contribution < 1.29 is 9.47 Å². The lowest BCUT2D eigenvalue weighted by Gasteiger charge is -2.30. The van der Waals surface area contributed by atoms with Crippen LogP contribution in [0.3, 0.4) is 0 Å². The summed E-state index contributed by atoms with van der Waals surface area (Å²) in [5.41, 5.74) is 3.93. The van der Waals surface area contributed by atoms with Crippen LogP contribution >= 0.6 is 11.6 Å². The molecular formula is C12H17ClN2O2. The van der Waals surface area contributed by atoms with Gasteiger partial charge in [-0.1, -0.05) is 23.7 Å². The molecule has 2 unspecified atom stereocenters. The maximum Gasteiger partial charge on any atom is 0.0978 e. The standard InChI is InChI=1S/C12H17ClN2O2/c13-10-3-1-2-9(6-10)7-11(15-14)12-8-16-4-5-17-12/h1-3,6,11-12,15H,4-5,7-8,14H2. The molecule has 1 fully saturated rings. The highest BCUT2D eigenvalue weighted by atomic mass is 35.5. The van der Waals surface area contributed by atoms with E-state index in [4.69, 9.17) is 26.9 Å². The van der Waals surface area contributed by atoms with Gasteiger partial charge >= 0.3 is 0 Å². The zero-order chi connectivity index (χ0) is 12.1. The normalized spacial score (nSPS) is 22.4.